The molecular weight excluding hydrogens is 256 g/mol. The van der Waals surface area contributed by atoms with Crippen molar-refractivity contribution in [1.29, 1.82) is 0 Å². The van der Waals surface area contributed by atoms with Crippen molar-refractivity contribution in [2.75, 3.05) is 0 Å². The molecule has 19 heavy (non-hydrogen) atoms. The maximum absolute atomic E-state index is 13.5. The smallest absolute Gasteiger partial charge is 0.352 e. The molecule has 0 radical (unpaired) electrons. The van der Waals surface area contributed by atoms with Gasteiger partial charge in [0, 0.05) is 18.8 Å². The van der Waals surface area contributed by atoms with Crippen molar-refractivity contribution >= 4 is 11.8 Å². The van der Waals surface area contributed by atoms with E-state index in [9.17, 15) is 18.4 Å². The quantitative estimate of drug-likeness (QED) is 0.866. The Bertz CT molecular complexity index is 677. The van der Waals surface area contributed by atoms with Gasteiger partial charge in [-0.25, -0.2) is 13.6 Å². The number of aromatic nitrogens is 1. The van der Waals surface area contributed by atoms with E-state index in [1.54, 1.807) is 0 Å². The molecular formula is C13H9F2NO3. The molecule has 0 aliphatic carbocycles. The number of aryl methyl sites for hydroxylation is 1. The molecule has 0 amide bonds. The van der Waals surface area contributed by atoms with E-state index in [0.717, 1.165) is 18.2 Å². The molecule has 0 unspecified atom stereocenters. The van der Waals surface area contributed by atoms with Crippen molar-refractivity contribution in [3.05, 3.63) is 58.9 Å². The van der Waals surface area contributed by atoms with Gasteiger partial charge in [0.25, 0.3) is 0 Å². The second-order valence-corrected chi connectivity index (χ2v) is 3.96. The highest BCUT2D eigenvalue weighted by Gasteiger charge is 2.20. The van der Waals surface area contributed by atoms with Crippen LogP contribution >= 0.6 is 0 Å². The minimum Gasteiger partial charge on any atom is -0.477 e. The summed E-state index contributed by atoms with van der Waals surface area (Å²) < 4.78 is 27.8. The van der Waals surface area contributed by atoms with Gasteiger partial charge in [0.2, 0.25) is 0 Å². The SMILES string of the molecule is Cn1cc(C(=O)c2cccc(F)c2F)cc1C(=O)O. The van der Waals surface area contributed by atoms with Gasteiger partial charge in [0.05, 0.1) is 5.56 Å². The molecule has 0 saturated carbocycles. The fourth-order valence-electron chi connectivity index (χ4n) is 1.74. The van der Waals surface area contributed by atoms with Crippen LogP contribution in [0.3, 0.4) is 0 Å². The Kier molecular flexibility index (Phi) is 3.16. The van der Waals surface area contributed by atoms with Crippen molar-refractivity contribution in [2.45, 2.75) is 0 Å². The van der Waals surface area contributed by atoms with Crippen LogP contribution in [-0.4, -0.2) is 21.4 Å². The zero-order chi connectivity index (χ0) is 14.2. The third kappa shape index (κ3) is 2.24. The van der Waals surface area contributed by atoms with Crippen LogP contribution in [0.4, 0.5) is 8.78 Å². The van der Waals surface area contributed by atoms with E-state index < -0.39 is 29.0 Å². The lowest BCUT2D eigenvalue weighted by atomic mass is 10.1. The van der Waals surface area contributed by atoms with Crippen LogP contribution in [0, 0.1) is 11.6 Å². The number of hydrogen-bond donors (Lipinski definition) is 1. The minimum absolute atomic E-state index is 0.00981. The topological polar surface area (TPSA) is 59.3 Å². The lowest BCUT2D eigenvalue weighted by Gasteiger charge is -2.00. The first-order valence-corrected chi connectivity index (χ1v) is 5.30. The number of benzene rings is 1. The van der Waals surface area contributed by atoms with Gasteiger partial charge in [0.1, 0.15) is 5.69 Å². The molecule has 2 rings (SSSR count). The summed E-state index contributed by atoms with van der Waals surface area (Å²) in [6.45, 7) is 0. The Morgan fingerprint density at radius 1 is 1.26 bits per heavy atom. The Morgan fingerprint density at radius 2 is 1.95 bits per heavy atom. The summed E-state index contributed by atoms with van der Waals surface area (Å²) in [7, 11) is 1.45. The molecule has 0 aliphatic rings. The van der Waals surface area contributed by atoms with E-state index in [1.165, 1.54) is 23.9 Å². The first-order valence-electron chi connectivity index (χ1n) is 5.30. The Hall–Kier alpha value is -2.50. The largest absolute Gasteiger partial charge is 0.477 e. The van der Waals surface area contributed by atoms with Gasteiger partial charge in [-0.3, -0.25) is 4.79 Å². The number of ketones is 1. The van der Waals surface area contributed by atoms with E-state index in [0.29, 0.717) is 0 Å². The van der Waals surface area contributed by atoms with Crippen LogP contribution in [-0.2, 0) is 7.05 Å². The maximum Gasteiger partial charge on any atom is 0.352 e. The van der Waals surface area contributed by atoms with E-state index in [-0.39, 0.29) is 11.3 Å². The summed E-state index contributed by atoms with van der Waals surface area (Å²) in [5, 5.41) is 8.86. The fraction of sp³-hybridized carbons (Fsp3) is 0.0769. The molecule has 0 atom stereocenters. The zero-order valence-electron chi connectivity index (χ0n) is 9.85. The number of carboxylic acid groups (broad SMARTS) is 1. The average Bonchev–Trinajstić information content (AvgIpc) is 2.74. The maximum atomic E-state index is 13.5. The monoisotopic (exact) mass is 265 g/mol. The molecule has 1 N–H and O–H groups in total. The number of hydrogen-bond acceptors (Lipinski definition) is 2. The molecule has 98 valence electrons. The zero-order valence-corrected chi connectivity index (χ0v) is 9.85. The number of nitrogens with zero attached hydrogens (tertiary/aromatic N) is 1. The third-order valence-electron chi connectivity index (χ3n) is 2.68. The third-order valence-corrected chi connectivity index (χ3v) is 2.68. The van der Waals surface area contributed by atoms with Gasteiger partial charge < -0.3 is 9.67 Å². The lowest BCUT2D eigenvalue weighted by Crippen LogP contribution is -2.04. The van der Waals surface area contributed by atoms with Gasteiger partial charge >= 0.3 is 5.97 Å². The van der Waals surface area contributed by atoms with Crippen molar-refractivity contribution in [2.24, 2.45) is 7.05 Å². The molecule has 1 heterocycles. The molecule has 2 aromatic rings. The van der Waals surface area contributed by atoms with Crippen LogP contribution in [0.5, 0.6) is 0 Å². The second-order valence-electron chi connectivity index (χ2n) is 3.96. The number of rotatable bonds is 3. The van der Waals surface area contributed by atoms with Crippen LogP contribution in [0.15, 0.2) is 30.5 Å². The molecule has 0 aliphatic heterocycles. The molecule has 0 fully saturated rings. The summed E-state index contributed by atoms with van der Waals surface area (Å²) >= 11 is 0. The Morgan fingerprint density at radius 3 is 2.53 bits per heavy atom. The summed E-state index contributed by atoms with van der Waals surface area (Å²) in [4.78, 5) is 22.8. The van der Waals surface area contributed by atoms with Gasteiger partial charge in [-0.05, 0) is 18.2 Å². The van der Waals surface area contributed by atoms with Crippen molar-refractivity contribution in [3.8, 4) is 0 Å². The number of carboxylic acids is 1. The summed E-state index contributed by atoms with van der Waals surface area (Å²) in [6, 6.07) is 4.38. The number of aromatic carboxylic acids is 1. The average molecular weight is 265 g/mol. The highest BCUT2D eigenvalue weighted by Crippen LogP contribution is 2.17. The first-order chi connectivity index (χ1) is 8.91. The van der Waals surface area contributed by atoms with Gasteiger partial charge in [0.15, 0.2) is 17.4 Å². The van der Waals surface area contributed by atoms with Crippen molar-refractivity contribution in [1.82, 2.24) is 4.57 Å². The van der Waals surface area contributed by atoms with E-state index in [4.69, 9.17) is 5.11 Å². The van der Waals surface area contributed by atoms with Crippen LogP contribution in [0.1, 0.15) is 26.4 Å². The van der Waals surface area contributed by atoms with Crippen molar-refractivity contribution < 1.29 is 23.5 Å². The predicted octanol–water partition coefficient (Wildman–Crippen LogP) is 2.23. The van der Waals surface area contributed by atoms with Crippen LogP contribution < -0.4 is 0 Å². The van der Waals surface area contributed by atoms with Crippen LogP contribution in [0.2, 0.25) is 0 Å². The number of halogens is 2. The molecule has 0 spiro atoms. The molecule has 1 aromatic carbocycles. The summed E-state index contributed by atoms with van der Waals surface area (Å²) in [6.07, 6.45) is 1.26. The van der Waals surface area contributed by atoms with Gasteiger partial charge in [-0.2, -0.15) is 0 Å². The van der Waals surface area contributed by atoms with E-state index in [2.05, 4.69) is 0 Å². The Labute approximate surface area is 106 Å². The van der Waals surface area contributed by atoms with E-state index >= 15 is 0 Å². The summed E-state index contributed by atoms with van der Waals surface area (Å²) in [5.74, 6) is -4.34. The normalized spacial score (nSPS) is 10.5. The molecule has 1 aromatic heterocycles. The summed E-state index contributed by atoms with van der Waals surface area (Å²) in [5.41, 5.74) is -0.549. The first kappa shape index (κ1) is 12.9. The number of carbonyl (C=O) groups is 2. The second kappa shape index (κ2) is 4.64. The van der Waals surface area contributed by atoms with Gasteiger partial charge in [-0.1, -0.05) is 6.07 Å². The predicted molar refractivity (Wildman–Crippen MR) is 62.2 cm³/mol. The van der Waals surface area contributed by atoms with E-state index in [1.807, 2.05) is 0 Å². The minimum atomic E-state index is -1.24. The highest BCUT2D eigenvalue weighted by atomic mass is 19.2. The fourth-order valence-corrected chi connectivity index (χ4v) is 1.74. The number of carbonyl (C=O) groups excluding carboxylic acids is 1. The highest BCUT2D eigenvalue weighted by molar-refractivity contribution is 6.10. The molecule has 4 nitrogen and oxygen atoms in total. The Balaban J connectivity index is 2.48. The standard InChI is InChI=1S/C13H9F2NO3/c1-16-6-7(5-10(16)13(18)19)12(17)8-3-2-4-9(14)11(8)15/h2-6H,1H3,(H,18,19). The van der Waals surface area contributed by atoms with Crippen molar-refractivity contribution in [3.63, 3.8) is 0 Å². The van der Waals surface area contributed by atoms with Crippen LogP contribution in [0.25, 0.3) is 0 Å². The lowest BCUT2D eigenvalue weighted by molar-refractivity contribution is 0.0686. The molecule has 0 bridgehead atoms. The van der Waals surface area contributed by atoms with Gasteiger partial charge in [-0.15, -0.1) is 0 Å². The molecule has 0 saturated heterocycles. The molecule has 6 heteroatoms.